The van der Waals surface area contributed by atoms with E-state index in [0.717, 1.165) is 16.8 Å². The van der Waals surface area contributed by atoms with Crippen molar-refractivity contribution in [2.45, 2.75) is 26.2 Å². The van der Waals surface area contributed by atoms with Crippen LogP contribution in [-0.4, -0.2) is 31.0 Å². The molecule has 5 heteroatoms. The number of carbonyl (C=O) groups is 1. The van der Waals surface area contributed by atoms with E-state index < -0.39 is 12.8 Å². The minimum Gasteiger partial charge on any atom is -0.491 e. The number of para-hydroxylation sites is 1. The molecule has 0 radical (unpaired) electrons. The Labute approximate surface area is 147 Å². The van der Waals surface area contributed by atoms with Gasteiger partial charge in [-0.3, -0.25) is 4.90 Å². The maximum atomic E-state index is 12.1. The number of carboxylic acid groups (broad SMARTS) is 1. The molecule has 0 aliphatic carbocycles. The molecule has 0 aliphatic rings. The summed E-state index contributed by atoms with van der Waals surface area (Å²) in [5.74, 6) is 0.853. The van der Waals surface area contributed by atoms with Gasteiger partial charge in [-0.1, -0.05) is 44.2 Å². The third kappa shape index (κ3) is 5.21. The number of anilines is 1. The lowest BCUT2D eigenvalue weighted by Gasteiger charge is -2.23. The van der Waals surface area contributed by atoms with Gasteiger partial charge in [0.25, 0.3) is 0 Å². The number of benzene rings is 2. The maximum Gasteiger partial charge on any atom is 0.411 e. The van der Waals surface area contributed by atoms with Crippen molar-refractivity contribution in [1.29, 1.82) is 0 Å². The standard InChI is InChI=1S/C20H24FNO3/c1-15(2)18-5-3-4-6-19(18)22(20(23)24)13-11-16-7-9-17(10-8-16)25-14-12-21/h3-10,15H,11-14H2,1-2H3,(H,23,24). The van der Waals surface area contributed by atoms with Gasteiger partial charge in [-0.15, -0.1) is 0 Å². The monoisotopic (exact) mass is 345 g/mol. The number of hydrogen-bond acceptors (Lipinski definition) is 2. The van der Waals surface area contributed by atoms with Crippen molar-refractivity contribution >= 4 is 11.8 Å². The minimum absolute atomic E-state index is 0.0398. The van der Waals surface area contributed by atoms with Gasteiger partial charge in [0.15, 0.2) is 0 Å². The number of alkyl halides is 1. The summed E-state index contributed by atoms with van der Waals surface area (Å²) in [6, 6.07) is 14.9. The first-order valence-corrected chi connectivity index (χ1v) is 8.40. The first kappa shape index (κ1) is 18.8. The lowest BCUT2D eigenvalue weighted by molar-refractivity contribution is 0.202. The normalized spacial score (nSPS) is 10.7. The molecule has 0 saturated carbocycles. The number of amides is 1. The van der Waals surface area contributed by atoms with E-state index in [1.807, 2.05) is 36.4 Å². The number of ether oxygens (including phenoxy) is 1. The molecule has 0 aromatic heterocycles. The Kier molecular flexibility index (Phi) is 6.81. The van der Waals surface area contributed by atoms with E-state index in [2.05, 4.69) is 13.8 Å². The second kappa shape index (κ2) is 9.06. The van der Waals surface area contributed by atoms with Crippen molar-refractivity contribution < 1.29 is 19.0 Å². The van der Waals surface area contributed by atoms with E-state index >= 15 is 0 Å². The van der Waals surface area contributed by atoms with Crippen LogP contribution in [0.2, 0.25) is 0 Å². The zero-order chi connectivity index (χ0) is 18.2. The molecule has 2 rings (SSSR count). The maximum absolute atomic E-state index is 12.1. The Morgan fingerprint density at radius 2 is 1.84 bits per heavy atom. The van der Waals surface area contributed by atoms with Crippen LogP contribution in [-0.2, 0) is 6.42 Å². The van der Waals surface area contributed by atoms with Gasteiger partial charge in [0, 0.05) is 6.54 Å². The summed E-state index contributed by atoms with van der Waals surface area (Å²) >= 11 is 0. The van der Waals surface area contributed by atoms with Crippen molar-refractivity contribution in [3.8, 4) is 5.75 Å². The van der Waals surface area contributed by atoms with Crippen LogP contribution in [0.4, 0.5) is 14.9 Å². The van der Waals surface area contributed by atoms with E-state index in [9.17, 15) is 14.3 Å². The van der Waals surface area contributed by atoms with Gasteiger partial charge in [-0.25, -0.2) is 9.18 Å². The molecule has 0 aliphatic heterocycles. The van der Waals surface area contributed by atoms with Crippen molar-refractivity contribution in [3.05, 3.63) is 59.7 Å². The van der Waals surface area contributed by atoms with Crippen molar-refractivity contribution in [2.75, 3.05) is 24.7 Å². The second-order valence-corrected chi connectivity index (χ2v) is 6.08. The molecule has 134 valence electrons. The molecular formula is C20H24FNO3. The van der Waals surface area contributed by atoms with Crippen LogP contribution in [0.25, 0.3) is 0 Å². The summed E-state index contributed by atoms with van der Waals surface area (Å²) in [6.45, 7) is 3.98. The highest BCUT2D eigenvalue weighted by Crippen LogP contribution is 2.27. The summed E-state index contributed by atoms with van der Waals surface area (Å²) in [6.07, 6.45) is -0.377. The molecule has 0 atom stereocenters. The van der Waals surface area contributed by atoms with Crippen molar-refractivity contribution in [3.63, 3.8) is 0 Å². The van der Waals surface area contributed by atoms with Gasteiger partial charge in [-0.2, -0.15) is 0 Å². The lowest BCUT2D eigenvalue weighted by Crippen LogP contribution is -2.32. The van der Waals surface area contributed by atoms with Crippen molar-refractivity contribution in [1.82, 2.24) is 0 Å². The molecule has 0 fully saturated rings. The van der Waals surface area contributed by atoms with Crippen molar-refractivity contribution in [2.24, 2.45) is 0 Å². The predicted octanol–water partition coefficient (Wildman–Crippen LogP) is 4.89. The second-order valence-electron chi connectivity index (χ2n) is 6.08. The molecule has 2 aromatic rings. The summed E-state index contributed by atoms with van der Waals surface area (Å²) in [5, 5.41) is 9.62. The Morgan fingerprint density at radius 3 is 2.44 bits per heavy atom. The van der Waals surface area contributed by atoms with E-state index in [1.54, 1.807) is 12.1 Å². The third-order valence-electron chi connectivity index (χ3n) is 3.97. The van der Waals surface area contributed by atoms with Crippen LogP contribution in [0.3, 0.4) is 0 Å². The summed E-state index contributed by atoms with van der Waals surface area (Å²) in [4.78, 5) is 13.1. The quantitative estimate of drug-likeness (QED) is 0.741. The van der Waals surface area contributed by atoms with E-state index in [0.29, 0.717) is 18.7 Å². The fourth-order valence-electron chi connectivity index (χ4n) is 2.69. The van der Waals surface area contributed by atoms with Gasteiger partial charge in [-0.05, 0) is 41.7 Å². The number of nitrogens with zero attached hydrogens (tertiary/aromatic N) is 1. The SMILES string of the molecule is CC(C)c1ccccc1N(CCc1ccc(OCCF)cc1)C(=O)O. The number of hydrogen-bond donors (Lipinski definition) is 1. The lowest BCUT2D eigenvalue weighted by atomic mass is 10.0. The molecule has 0 heterocycles. The summed E-state index contributed by atoms with van der Waals surface area (Å²) in [5.41, 5.74) is 2.74. The van der Waals surface area contributed by atoms with Gasteiger partial charge in [0.2, 0.25) is 0 Å². The molecule has 1 N–H and O–H groups in total. The molecule has 0 saturated heterocycles. The molecule has 0 unspecified atom stereocenters. The average molecular weight is 345 g/mol. The third-order valence-corrected chi connectivity index (χ3v) is 3.97. The molecule has 0 bridgehead atoms. The van der Waals surface area contributed by atoms with Gasteiger partial charge >= 0.3 is 6.09 Å². The molecule has 0 spiro atoms. The Hall–Kier alpha value is -2.56. The predicted molar refractivity (Wildman–Crippen MR) is 97.5 cm³/mol. The van der Waals surface area contributed by atoms with E-state index in [4.69, 9.17) is 4.74 Å². The van der Waals surface area contributed by atoms with Gasteiger partial charge < -0.3 is 9.84 Å². The first-order chi connectivity index (χ1) is 12.0. The minimum atomic E-state index is -0.962. The number of halogens is 1. The van der Waals surface area contributed by atoms with Crippen LogP contribution in [0.15, 0.2) is 48.5 Å². The van der Waals surface area contributed by atoms with Crippen LogP contribution >= 0.6 is 0 Å². The van der Waals surface area contributed by atoms with E-state index in [1.165, 1.54) is 4.90 Å². The Balaban J connectivity index is 2.09. The topological polar surface area (TPSA) is 49.8 Å². The Bertz CT molecular complexity index is 686. The summed E-state index contributed by atoms with van der Waals surface area (Å²) < 4.78 is 17.3. The average Bonchev–Trinajstić information content (AvgIpc) is 2.61. The zero-order valence-electron chi connectivity index (χ0n) is 14.6. The number of rotatable bonds is 8. The highest BCUT2D eigenvalue weighted by molar-refractivity contribution is 5.87. The zero-order valence-corrected chi connectivity index (χ0v) is 14.6. The van der Waals surface area contributed by atoms with E-state index in [-0.39, 0.29) is 12.5 Å². The van der Waals surface area contributed by atoms with Crippen LogP contribution in [0, 0.1) is 0 Å². The molecular weight excluding hydrogens is 321 g/mol. The van der Waals surface area contributed by atoms with Crippen LogP contribution in [0.5, 0.6) is 5.75 Å². The van der Waals surface area contributed by atoms with Gasteiger partial charge in [0.1, 0.15) is 19.0 Å². The molecule has 1 amide bonds. The Morgan fingerprint density at radius 1 is 1.16 bits per heavy atom. The van der Waals surface area contributed by atoms with Gasteiger partial charge in [0.05, 0.1) is 5.69 Å². The molecule has 2 aromatic carbocycles. The molecule has 25 heavy (non-hydrogen) atoms. The van der Waals surface area contributed by atoms with Crippen LogP contribution in [0.1, 0.15) is 30.9 Å². The highest BCUT2D eigenvalue weighted by Gasteiger charge is 2.18. The smallest absolute Gasteiger partial charge is 0.411 e. The van der Waals surface area contributed by atoms with Crippen LogP contribution < -0.4 is 9.64 Å². The fraction of sp³-hybridized carbons (Fsp3) is 0.350. The fourth-order valence-corrected chi connectivity index (χ4v) is 2.69. The highest BCUT2D eigenvalue weighted by atomic mass is 19.1. The molecule has 4 nitrogen and oxygen atoms in total. The first-order valence-electron chi connectivity index (χ1n) is 8.40. The summed E-state index contributed by atoms with van der Waals surface area (Å²) in [7, 11) is 0. The largest absolute Gasteiger partial charge is 0.491 e.